The summed E-state index contributed by atoms with van der Waals surface area (Å²) < 4.78 is 26.8. The summed E-state index contributed by atoms with van der Waals surface area (Å²) in [6, 6.07) is 13.8. The van der Waals surface area contributed by atoms with Crippen molar-refractivity contribution < 1.29 is 13.2 Å². The summed E-state index contributed by atoms with van der Waals surface area (Å²) in [6.45, 7) is 4.84. The van der Waals surface area contributed by atoms with E-state index in [9.17, 15) is 13.2 Å². The first-order valence-electron chi connectivity index (χ1n) is 8.90. The number of nitrogens with one attached hydrogen (secondary N) is 1. The van der Waals surface area contributed by atoms with Gasteiger partial charge in [-0.2, -0.15) is 9.41 Å². The van der Waals surface area contributed by atoms with Gasteiger partial charge < -0.3 is 0 Å². The average Bonchev–Trinajstić information content (AvgIpc) is 3.22. The van der Waals surface area contributed by atoms with Crippen molar-refractivity contribution >= 4 is 21.6 Å². The van der Waals surface area contributed by atoms with E-state index in [4.69, 9.17) is 0 Å². The molecule has 27 heavy (non-hydrogen) atoms. The molecular formula is C20H23N3O3S. The quantitative estimate of drug-likeness (QED) is 0.635. The molecule has 0 spiro atoms. The van der Waals surface area contributed by atoms with Crippen LogP contribution in [0.3, 0.4) is 0 Å². The van der Waals surface area contributed by atoms with Crippen LogP contribution < -0.4 is 5.43 Å². The van der Waals surface area contributed by atoms with Crippen molar-refractivity contribution in [2.45, 2.75) is 31.6 Å². The van der Waals surface area contributed by atoms with Crippen LogP contribution in [0.2, 0.25) is 0 Å². The molecule has 6 nitrogen and oxygen atoms in total. The number of rotatable bonds is 5. The van der Waals surface area contributed by atoms with E-state index in [0.717, 1.165) is 24.0 Å². The molecule has 0 unspecified atom stereocenters. The molecule has 2 aromatic rings. The van der Waals surface area contributed by atoms with Crippen LogP contribution in [-0.4, -0.2) is 37.4 Å². The van der Waals surface area contributed by atoms with Crippen molar-refractivity contribution in [1.82, 2.24) is 9.73 Å². The van der Waals surface area contributed by atoms with Gasteiger partial charge in [0.25, 0.3) is 5.91 Å². The first-order chi connectivity index (χ1) is 12.9. The van der Waals surface area contributed by atoms with Gasteiger partial charge in [0.1, 0.15) is 0 Å². The predicted molar refractivity (Wildman–Crippen MR) is 105 cm³/mol. The summed E-state index contributed by atoms with van der Waals surface area (Å²) in [5, 5.41) is 4.16. The molecule has 0 atom stereocenters. The average molecular weight is 385 g/mol. The van der Waals surface area contributed by atoms with Gasteiger partial charge in [-0.25, -0.2) is 13.8 Å². The zero-order valence-corrected chi connectivity index (χ0v) is 16.3. The van der Waals surface area contributed by atoms with Crippen molar-refractivity contribution in [1.29, 1.82) is 0 Å². The second-order valence-corrected chi connectivity index (χ2v) is 8.53. The van der Waals surface area contributed by atoms with E-state index in [0.29, 0.717) is 18.8 Å². The Kier molecular flexibility index (Phi) is 5.72. The smallest absolute Gasteiger partial charge is 0.267 e. The van der Waals surface area contributed by atoms with E-state index < -0.39 is 15.9 Å². The van der Waals surface area contributed by atoms with Gasteiger partial charge in [0.2, 0.25) is 10.0 Å². The van der Waals surface area contributed by atoms with Gasteiger partial charge in [0, 0.05) is 24.2 Å². The fourth-order valence-corrected chi connectivity index (χ4v) is 4.68. The molecule has 7 heteroatoms. The summed E-state index contributed by atoms with van der Waals surface area (Å²) in [4.78, 5) is 12.6. The Balaban J connectivity index is 1.78. The van der Waals surface area contributed by atoms with Crippen LogP contribution in [0.5, 0.6) is 0 Å². The lowest BCUT2D eigenvalue weighted by Gasteiger charge is -2.15. The number of hydrazone groups is 1. The highest BCUT2D eigenvalue weighted by atomic mass is 32.2. The zero-order valence-electron chi connectivity index (χ0n) is 15.5. The minimum absolute atomic E-state index is 0.136. The Labute approximate surface area is 159 Å². The lowest BCUT2D eigenvalue weighted by atomic mass is 10.1. The number of hydrogen-bond acceptors (Lipinski definition) is 4. The highest BCUT2D eigenvalue weighted by Gasteiger charge is 2.27. The summed E-state index contributed by atoms with van der Waals surface area (Å²) in [5.41, 5.74) is 5.47. The van der Waals surface area contributed by atoms with Gasteiger partial charge in [-0.3, -0.25) is 4.79 Å². The van der Waals surface area contributed by atoms with Crippen LogP contribution in [0.25, 0.3) is 0 Å². The number of nitrogens with zero attached hydrogens (tertiary/aromatic N) is 2. The number of aryl methyl sites for hydroxylation is 1. The molecule has 1 fully saturated rings. The predicted octanol–water partition coefficient (Wildman–Crippen LogP) is 2.93. The van der Waals surface area contributed by atoms with E-state index >= 15 is 0 Å². The lowest BCUT2D eigenvalue weighted by Crippen LogP contribution is -2.28. The third-order valence-electron chi connectivity index (χ3n) is 4.66. The van der Waals surface area contributed by atoms with Crippen molar-refractivity contribution in [3.63, 3.8) is 0 Å². The first kappa shape index (κ1) is 19.3. The Hall–Kier alpha value is -2.51. The molecule has 0 aromatic heterocycles. The highest BCUT2D eigenvalue weighted by Crippen LogP contribution is 2.21. The third-order valence-corrected chi connectivity index (χ3v) is 6.55. The molecule has 1 N–H and O–H groups in total. The second-order valence-electron chi connectivity index (χ2n) is 6.59. The Bertz CT molecular complexity index is 977. The first-order valence-corrected chi connectivity index (χ1v) is 10.3. The molecule has 1 heterocycles. The van der Waals surface area contributed by atoms with Crippen LogP contribution in [0.1, 0.15) is 41.3 Å². The molecule has 0 radical (unpaired) electrons. The molecule has 2 aromatic carbocycles. The molecule has 0 bridgehead atoms. The van der Waals surface area contributed by atoms with Crippen LogP contribution in [0.15, 0.2) is 58.5 Å². The Morgan fingerprint density at radius 2 is 1.78 bits per heavy atom. The van der Waals surface area contributed by atoms with Crippen LogP contribution in [0, 0.1) is 6.92 Å². The number of amides is 1. The van der Waals surface area contributed by atoms with Gasteiger partial charge in [-0.1, -0.05) is 30.3 Å². The van der Waals surface area contributed by atoms with Crippen molar-refractivity contribution in [3.8, 4) is 0 Å². The monoisotopic (exact) mass is 385 g/mol. The topological polar surface area (TPSA) is 78.8 Å². The number of benzene rings is 2. The number of carbonyl (C=O) groups excluding carboxylic acids is 1. The van der Waals surface area contributed by atoms with Gasteiger partial charge >= 0.3 is 0 Å². The maximum absolute atomic E-state index is 12.7. The van der Waals surface area contributed by atoms with E-state index in [1.807, 2.05) is 38.1 Å². The van der Waals surface area contributed by atoms with Crippen molar-refractivity contribution in [3.05, 3.63) is 65.2 Å². The zero-order chi connectivity index (χ0) is 19.4. The SMILES string of the molecule is C/C(=N/NC(=O)c1cccc(S(=O)(=O)N2CCCC2)c1)c1ccccc1C. The Morgan fingerprint density at radius 3 is 2.48 bits per heavy atom. The van der Waals surface area contributed by atoms with Gasteiger partial charge in [-0.05, 0) is 50.5 Å². The second kappa shape index (κ2) is 8.02. The maximum atomic E-state index is 12.7. The molecule has 142 valence electrons. The molecule has 1 aliphatic rings. The number of hydrogen-bond donors (Lipinski definition) is 1. The lowest BCUT2D eigenvalue weighted by molar-refractivity contribution is 0.0954. The molecular weight excluding hydrogens is 362 g/mol. The number of sulfonamides is 1. The van der Waals surface area contributed by atoms with E-state index in [1.165, 1.54) is 16.4 Å². The third kappa shape index (κ3) is 4.26. The molecule has 1 saturated heterocycles. The normalized spacial score (nSPS) is 15.7. The molecule has 0 saturated carbocycles. The fourth-order valence-electron chi connectivity index (χ4n) is 3.11. The van der Waals surface area contributed by atoms with Gasteiger partial charge in [0.05, 0.1) is 10.6 Å². The van der Waals surface area contributed by atoms with E-state index in [1.54, 1.807) is 12.1 Å². The van der Waals surface area contributed by atoms with Crippen LogP contribution in [0.4, 0.5) is 0 Å². The van der Waals surface area contributed by atoms with Gasteiger partial charge in [0.15, 0.2) is 0 Å². The van der Waals surface area contributed by atoms with E-state index in [-0.39, 0.29) is 10.5 Å². The minimum atomic E-state index is -3.56. The molecule has 3 rings (SSSR count). The largest absolute Gasteiger partial charge is 0.271 e. The van der Waals surface area contributed by atoms with E-state index in [2.05, 4.69) is 10.5 Å². The summed E-state index contributed by atoms with van der Waals surface area (Å²) in [5.74, 6) is -0.443. The maximum Gasteiger partial charge on any atom is 0.271 e. The van der Waals surface area contributed by atoms with Crippen molar-refractivity contribution in [2.24, 2.45) is 5.10 Å². The number of carbonyl (C=O) groups is 1. The van der Waals surface area contributed by atoms with Gasteiger partial charge in [-0.15, -0.1) is 0 Å². The molecule has 0 aliphatic carbocycles. The molecule has 1 amide bonds. The summed E-state index contributed by atoms with van der Waals surface area (Å²) >= 11 is 0. The summed E-state index contributed by atoms with van der Waals surface area (Å²) in [7, 11) is -3.56. The molecule has 1 aliphatic heterocycles. The highest BCUT2D eigenvalue weighted by molar-refractivity contribution is 7.89. The fraction of sp³-hybridized carbons (Fsp3) is 0.300. The van der Waals surface area contributed by atoms with Crippen LogP contribution >= 0.6 is 0 Å². The minimum Gasteiger partial charge on any atom is -0.267 e. The summed E-state index contributed by atoms with van der Waals surface area (Å²) in [6.07, 6.45) is 1.73. The van der Waals surface area contributed by atoms with Crippen LogP contribution in [-0.2, 0) is 10.0 Å². The van der Waals surface area contributed by atoms with Crippen molar-refractivity contribution in [2.75, 3.05) is 13.1 Å². The standard InChI is InChI=1S/C20H23N3O3S/c1-15-8-3-4-11-19(15)16(2)21-22-20(24)17-9-7-10-18(14-17)27(25,26)23-12-5-6-13-23/h3-4,7-11,14H,5-6,12-13H2,1-2H3,(H,22,24)/b21-16-. The Morgan fingerprint density at radius 1 is 1.07 bits per heavy atom.